The van der Waals surface area contributed by atoms with Gasteiger partial charge in [-0.25, -0.2) is 4.39 Å². The first-order chi connectivity index (χ1) is 14.7. The number of carbonyl (C=O) groups excluding carboxylic acids is 1. The van der Waals surface area contributed by atoms with Gasteiger partial charge in [0.15, 0.2) is 5.76 Å². The van der Waals surface area contributed by atoms with Gasteiger partial charge in [0.05, 0.1) is 6.26 Å². The van der Waals surface area contributed by atoms with Crippen LogP contribution in [0.4, 0.5) is 4.39 Å². The number of nitrogens with zero attached hydrogens (tertiary/aromatic N) is 1. The van der Waals surface area contributed by atoms with Crippen molar-refractivity contribution in [3.8, 4) is 0 Å². The van der Waals surface area contributed by atoms with Gasteiger partial charge in [0, 0.05) is 37.7 Å². The standard InChI is InChI=1S/C25H27FN2O2/c26-22-8-6-20(7-9-22)18-21-13-17-30-24(21)25(29)27-23-11-15-28(16-12-23)14-10-19-4-2-1-3-5-19/h1-9,13,17,23H,10-12,14-16,18H2,(H,27,29). The summed E-state index contributed by atoms with van der Waals surface area (Å²) in [5.41, 5.74) is 3.12. The minimum atomic E-state index is -0.265. The molecule has 2 aromatic carbocycles. The van der Waals surface area contributed by atoms with E-state index < -0.39 is 0 Å². The lowest BCUT2D eigenvalue weighted by molar-refractivity contribution is 0.0882. The molecular weight excluding hydrogens is 379 g/mol. The van der Waals surface area contributed by atoms with Gasteiger partial charge in [-0.3, -0.25) is 4.79 Å². The van der Waals surface area contributed by atoms with E-state index in [1.54, 1.807) is 18.4 Å². The maximum Gasteiger partial charge on any atom is 0.287 e. The van der Waals surface area contributed by atoms with E-state index in [0.29, 0.717) is 12.2 Å². The minimum Gasteiger partial charge on any atom is -0.459 e. The van der Waals surface area contributed by atoms with E-state index in [9.17, 15) is 9.18 Å². The molecule has 156 valence electrons. The summed E-state index contributed by atoms with van der Waals surface area (Å²) in [6.45, 7) is 3.02. The molecule has 0 bridgehead atoms. The largest absolute Gasteiger partial charge is 0.459 e. The van der Waals surface area contributed by atoms with Gasteiger partial charge in [-0.05, 0) is 48.6 Å². The molecule has 1 aromatic heterocycles. The van der Waals surface area contributed by atoms with E-state index in [0.717, 1.165) is 50.0 Å². The van der Waals surface area contributed by atoms with Crippen molar-refractivity contribution in [2.24, 2.45) is 0 Å². The molecule has 3 aromatic rings. The van der Waals surface area contributed by atoms with Crippen LogP contribution >= 0.6 is 0 Å². The topological polar surface area (TPSA) is 45.5 Å². The number of hydrogen-bond acceptors (Lipinski definition) is 3. The molecule has 0 saturated carbocycles. The number of likely N-dealkylation sites (tertiary alicyclic amines) is 1. The van der Waals surface area contributed by atoms with Crippen LogP contribution in [0.2, 0.25) is 0 Å². The van der Waals surface area contributed by atoms with Gasteiger partial charge in [-0.2, -0.15) is 0 Å². The van der Waals surface area contributed by atoms with Crippen LogP contribution in [-0.4, -0.2) is 36.5 Å². The number of piperidine rings is 1. The first kappa shape index (κ1) is 20.4. The van der Waals surface area contributed by atoms with Crippen LogP contribution in [-0.2, 0) is 12.8 Å². The first-order valence-corrected chi connectivity index (χ1v) is 10.6. The van der Waals surface area contributed by atoms with Crippen molar-refractivity contribution in [1.82, 2.24) is 10.2 Å². The van der Waals surface area contributed by atoms with Crippen LogP contribution in [0.1, 0.15) is 40.1 Å². The Hall–Kier alpha value is -2.92. The highest BCUT2D eigenvalue weighted by molar-refractivity contribution is 5.93. The Labute approximate surface area is 176 Å². The number of furan rings is 1. The number of carbonyl (C=O) groups is 1. The van der Waals surface area contributed by atoms with Crippen molar-refractivity contribution in [3.63, 3.8) is 0 Å². The van der Waals surface area contributed by atoms with E-state index in [4.69, 9.17) is 4.42 Å². The summed E-state index contributed by atoms with van der Waals surface area (Å²) in [7, 11) is 0. The molecule has 4 rings (SSSR count). The van der Waals surface area contributed by atoms with Crippen molar-refractivity contribution in [3.05, 3.63) is 95.2 Å². The lowest BCUT2D eigenvalue weighted by Crippen LogP contribution is -2.45. The molecule has 5 heteroatoms. The molecular formula is C25H27FN2O2. The number of amides is 1. The van der Waals surface area contributed by atoms with Gasteiger partial charge in [0.2, 0.25) is 0 Å². The third-order valence-corrected chi connectivity index (χ3v) is 5.74. The molecule has 1 N–H and O–H groups in total. The van der Waals surface area contributed by atoms with Crippen molar-refractivity contribution < 1.29 is 13.6 Å². The van der Waals surface area contributed by atoms with Crippen molar-refractivity contribution >= 4 is 5.91 Å². The maximum absolute atomic E-state index is 13.1. The van der Waals surface area contributed by atoms with Gasteiger partial charge in [0.1, 0.15) is 5.82 Å². The molecule has 2 heterocycles. The van der Waals surface area contributed by atoms with E-state index >= 15 is 0 Å². The van der Waals surface area contributed by atoms with Gasteiger partial charge < -0.3 is 14.6 Å². The van der Waals surface area contributed by atoms with Crippen molar-refractivity contribution in [1.29, 1.82) is 0 Å². The third kappa shape index (κ3) is 5.36. The second-order valence-electron chi connectivity index (χ2n) is 7.90. The van der Waals surface area contributed by atoms with Gasteiger partial charge >= 0.3 is 0 Å². The first-order valence-electron chi connectivity index (χ1n) is 10.6. The van der Waals surface area contributed by atoms with E-state index in [2.05, 4.69) is 34.5 Å². The van der Waals surface area contributed by atoms with Crippen LogP contribution < -0.4 is 5.32 Å². The second kappa shape index (κ2) is 9.72. The van der Waals surface area contributed by atoms with Crippen molar-refractivity contribution in [2.75, 3.05) is 19.6 Å². The summed E-state index contributed by atoms with van der Waals surface area (Å²) in [5, 5.41) is 3.13. The fourth-order valence-electron chi connectivity index (χ4n) is 3.98. The van der Waals surface area contributed by atoms with E-state index in [1.165, 1.54) is 17.7 Å². The monoisotopic (exact) mass is 406 g/mol. The van der Waals surface area contributed by atoms with Crippen molar-refractivity contribution in [2.45, 2.75) is 31.7 Å². The van der Waals surface area contributed by atoms with Gasteiger partial charge in [-0.1, -0.05) is 42.5 Å². The zero-order valence-electron chi connectivity index (χ0n) is 17.0. The summed E-state index contributed by atoms with van der Waals surface area (Å²) < 4.78 is 18.6. The zero-order valence-corrected chi connectivity index (χ0v) is 17.0. The number of hydrogen-bond donors (Lipinski definition) is 1. The summed E-state index contributed by atoms with van der Waals surface area (Å²) in [6.07, 6.45) is 5.01. The molecule has 1 saturated heterocycles. The fraction of sp³-hybridized carbons (Fsp3) is 0.320. The highest BCUT2D eigenvalue weighted by atomic mass is 19.1. The molecule has 4 nitrogen and oxygen atoms in total. The highest BCUT2D eigenvalue weighted by Gasteiger charge is 2.23. The SMILES string of the molecule is O=C(NC1CCN(CCc2ccccc2)CC1)c1occc1Cc1ccc(F)cc1. The number of rotatable bonds is 7. The number of halogens is 1. The highest BCUT2D eigenvalue weighted by Crippen LogP contribution is 2.18. The normalized spacial score (nSPS) is 15.2. The van der Waals surface area contributed by atoms with Crippen LogP contribution in [0.25, 0.3) is 0 Å². The van der Waals surface area contributed by atoms with Crippen LogP contribution in [0.15, 0.2) is 71.3 Å². The van der Waals surface area contributed by atoms with E-state index in [1.807, 2.05) is 12.1 Å². The lowest BCUT2D eigenvalue weighted by Gasteiger charge is -2.32. The molecule has 0 atom stereocenters. The molecule has 0 unspecified atom stereocenters. The Morgan fingerprint density at radius 3 is 2.47 bits per heavy atom. The van der Waals surface area contributed by atoms with E-state index in [-0.39, 0.29) is 17.8 Å². The molecule has 0 aliphatic carbocycles. The van der Waals surface area contributed by atoms with Gasteiger partial charge in [0.25, 0.3) is 5.91 Å². The Morgan fingerprint density at radius 1 is 1.00 bits per heavy atom. The Bertz CT molecular complexity index is 945. The third-order valence-electron chi connectivity index (χ3n) is 5.74. The van der Waals surface area contributed by atoms with Crippen LogP contribution in [0.3, 0.4) is 0 Å². The maximum atomic E-state index is 13.1. The predicted molar refractivity (Wildman–Crippen MR) is 115 cm³/mol. The summed E-state index contributed by atoms with van der Waals surface area (Å²) in [6, 6.07) is 18.8. The number of benzene rings is 2. The minimum absolute atomic E-state index is 0.161. The molecule has 0 radical (unpaired) electrons. The molecule has 0 spiro atoms. The quantitative estimate of drug-likeness (QED) is 0.631. The zero-order chi connectivity index (χ0) is 20.8. The molecule has 1 fully saturated rings. The molecule has 1 aliphatic rings. The van der Waals surface area contributed by atoms with Crippen LogP contribution in [0.5, 0.6) is 0 Å². The Morgan fingerprint density at radius 2 is 1.73 bits per heavy atom. The average Bonchev–Trinajstić information content (AvgIpc) is 3.24. The average molecular weight is 407 g/mol. The Kier molecular flexibility index (Phi) is 6.60. The molecule has 1 aliphatic heterocycles. The number of nitrogens with one attached hydrogen (secondary N) is 1. The molecule has 1 amide bonds. The Balaban J connectivity index is 1.26. The fourth-order valence-corrected chi connectivity index (χ4v) is 3.98. The second-order valence-corrected chi connectivity index (χ2v) is 7.90. The smallest absolute Gasteiger partial charge is 0.287 e. The van der Waals surface area contributed by atoms with Crippen LogP contribution in [0, 0.1) is 5.82 Å². The predicted octanol–water partition coefficient (Wildman–Crippen LogP) is 4.45. The summed E-state index contributed by atoms with van der Waals surface area (Å²) in [4.78, 5) is 15.2. The summed E-state index contributed by atoms with van der Waals surface area (Å²) in [5.74, 6) is -0.0790. The van der Waals surface area contributed by atoms with Gasteiger partial charge in [-0.15, -0.1) is 0 Å². The summed E-state index contributed by atoms with van der Waals surface area (Å²) >= 11 is 0. The molecule has 30 heavy (non-hydrogen) atoms. The lowest BCUT2D eigenvalue weighted by atomic mass is 10.0.